The summed E-state index contributed by atoms with van der Waals surface area (Å²) in [5.74, 6) is -0.0230. The summed E-state index contributed by atoms with van der Waals surface area (Å²) < 4.78 is 6.67. The predicted molar refractivity (Wildman–Crippen MR) is 74.0 cm³/mol. The zero-order valence-electron chi connectivity index (χ0n) is 11.8. The van der Waals surface area contributed by atoms with Gasteiger partial charge in [-0.2, -0.15) is 0 Å². The number of nitrogens with one attached hydrogen (secondary N) is 2. The Bertz CT molecular complexity index is 365. The van der Waals surface area contributed by atoms with Gasteiger partial charge in [0, 0.05) is 32.8 Å². The largest absolute Gasteiger partial charge is 0.383 e. The molecule has 2 N–H and O–H groups in total. The summed E-state index contributed by atoms with van der Waals surface area (Å²) in [6.07, 6.45) is 5.64. The number of methoxy groups -OCH3 is 1. The van der Waals surface area contributed by atoms with Crippen molar-refractivity contribution in [3.8, 4) is 0 Å². The quantitative estimate of drug-likeness (QED) is 0.594. The van der Waals surface area contributed by atoms with Crippen molar-refractivity contribution in [2.45, 2.75) is 26.3 Å². The van der Waals surface area contributed by atoms with Gasteiger partial charge >= 0.3 is 0 Å². The Kier molecular flexibility index (Phi) is 7.84. The number of imidazole rings is 1. The second-order valence-corrected chi connectivity index (χ2v) is 4.38. The lowest BCUT2D eigenvalue weighted by Gasteiger charge is -2.04. The number of hydrogen-bond donors (Lipinski definition) is 2. The molecule has 0 unspecified atom stereocenters. The van der Waals surface area contributed by atoms with Gasteiger partial charge in [-0.1, -0.05) is 6.92 Å². The lowest BCUT2D eigenvalue weighted by Crippen LogP contribution is -2.30. The standard InChI is InChI=1S/C13H24N4O2/c1-3-5-14-6-4-12-9-17(11-16-12)10-13(18)15-7-8-19-2/h9,11,14H,3-8,10H2,1-2H3,(H,15,18). The maximum absolute atomic E-state index is 11.6. The summed E-state index contributed by atoms with van der Waals surface area (Å²) in [5.41, 5.74) is 1.01. The number of nitrogens with zero attached hydrogens (tertiary/aromatic N) is 2. The SMILES string of the molecule is CCCNCCc1cn(CC(=O)NCCOC)cn1. The fourth-order valence-corrected chi connectivity index (χ4v) is 1.65. The van der Waals surface area contributed by atoms with Crippen molar-refractivity contribution in [3.63, 3.8) is 0 Å². The zero-order valence-corrected chi connectivity index (χ0v) is 11.8. The Morgan fingerprint density at radius 2 is 2.26 bits per heavy atom. The molecule has 108 valence electrons. The van der Waals surface area contributed by atoms with Crippen LogP contribution in [0.4, 0.5) is 0 Å². The minimum Gasteiger partial charge on any atom is -0.383 e. The van der Waals surface area contributed by atoms with E-state index in [1.54, 1.807) is 18.0 Å². The van der Waals surface area contributed by atoms with Crippen LogP contribution in [0.2, 0.25) is 0 Å². The molecule has 0 radical (unpaired) electrons. The number of ether oxygens (including phenoxy) is 1. The maximum atomic E-state index is 11.6. The molecule has 1 amide bonds. The van der Waals surface area contributed by atoms with E-state index in [0.29, 0.717) is 19.7 Å². The van der Waals surface area contributed by atoms with Crippen LogP contribution >= 0.6 is 0 Å². The predicted octanol–water partition coefficient (Wildman–Crippen LogP) is 0.188. The van der Waals surface area contributed by atoms with Crippen molar-refractivity contribution in [3.05, 3.63) is 18.2 Å². The Balaban J connectivity index is 2.24. The molecule has 0 aromatic carbocycles. The van der Waals surface area contributed by atoms with E-state index >= 15 is 0 Å². The van der Waals surface area contributed by atoms with Gasteiger partial charge in [-0.3, -0.25) is 4.79 Å². The molecule has 0 aliphatic heterocycles. The van der Waals surface area contributed by atoms with Crippen LogP contribution in [0.5, 0.6) is 0 Å². The highest BCUT2D eigenvalue weighted by molar-refractivity contribution is 5.75. The summed E-state index contributed by atoms with van der Waals surface area (Å²) in [7, 11) is 1.61. The highest BCUT2D eigenvalue weighted by Crippen LogP contribution is 1.97. The monoisotopic (exact) mass is 268 g/mol. The second-order valence-electron chi connectivity index (χ2n) is 4.38. The first-order chi connectivity index (χ1) is 9.26. The summed E-state index contributed by atoms with van der Waals surface area (Å²) >= 11 is 0. The van der Waals surface area contributed by atoms with Crippen LogP contribution < -0.4 is 10.6 Å². The van der Waals surface area contributed by atoms with E-state index < -0.39 is 0 Å². The van der Waals surface area contributed by atoms with Gasteiger partial charge in [0.15, 0.2) is 0 Å². The lowest BCUT2D eigenvalue weighted by molar-refractivity contribution is -0.121. The van der Waals surface area contributed by atoms with Crippen LogP contribution in [0.25, 0.3) is 0 Å². The van der Waals surface area contributed by atoms with Crippen molar-refractivity contribution < 1.29 is 9.53 Å². The third kappa shape index (κ3) is 6.93. The molecule has 6 nitrogen and oxygen atoms in total. The van der Waals surface area contributed by atoms with Gasteiger partial charge in [-0.05, 0) is 13.0 Å². The topological polar surface area (TPSA) is 68.2 Å². The first kappa shape index (κ1) is 15.7. The molecule has 0 saturated heterocycles. The highest BCUT2D eigenvalue weighted by atomic mass is 16.5. The molecule has 1 heterocycles. The van der Waals surface area contributed by atoms with Gasteiger partial charge in [0.2, 0.25) is 5.91 Å². The molecule has 19 heavy (non-hydrogen) atoms. The molecule has 0 saturated carbocycles. The lowest BCUT2D eigenvalue weighted by atomic mass is 10.3. The van der Waals surface area contributed by atoms with Gasteiger partial charge in [0.25, 0.3) is 0 Å². The Hall–Kier alpha value is -1.40. The van der Waals surface area contributed by atoms with Crippen molar-refractivity contribution in [2.75, 3.05) is 33.4 Å². The molecule has 1 aromatic heterocycles. The smallest absolute Gasteiger partial charge is 0.240 e. The first-order valence-electron chi connectivity index (χ1n) is 6.73. The van der Waals surface area contributed by atoms with Crippen molar-refractivity contribution in [1.82, 2.24) is 20.2 Å². The molecule has 0 bridgehead atoms. The average molecular weight is 268 g/mol. The number of aromatic nitrogens is 2. The molecule has 6 heteroatoms. The molecular weight excluding hydrogens is 244 g/mol. The van der Waals surface area contributed by atoms with Gasteiger partial charge in [0.05, 0.1) is 18.6 Å². The van der Waals surface area contributed by atoms with E-state index in [0.717, 1.165) is 31.6 Å². The fraction of sp³-hybridized carbons (Fsp3) is 0.692. The first-order valence-corrected chi connectivity index (χ1v) is 6.73. The number of carbonyl (C=O) groups excluding carboxylic acids is 1. The van der Waals surface area contributed by atoms with Gasteiger partial charge in [0.1, 0.15) is 6.54 Å². The van der Waals surface area contributed by atoms with Crippen LogP contribution in [0.3, 0.4) is 0 Å². The van der Waals surface area contributed by atoms with Crippen molar-refractivity contribution in [2.24, 2.45) is 0 Å². The maximum Gasteiger partial charge on any atom is 0.240 e. The molecule has 1 rings (SSSR count). The number of hydrogen-bond acceptors (Lipinski definition) is 4. The van der Waals surface area contributed by atoms with E-state index in [1.807, 2.05) is 6.20 Å². The van der Waals surface area contributed by atoms with Crippen LogP contribution in [0.15, 0.2) is 12.5 Å². The molecule has 0 aliphatic carbocycles. The average Bonchev–Trinajstić information content (AvgIpc) is 2.82. The summed E-state index contributed by atoms with van der Waals surface area (Å²) in [4.78, 5) is 15.8. The summed E-state index contributed by atoms with van der Waals surface area (Å²) in [6, 6.07) is 0. The molecule has 0 atom stereocenters. The summed E-state index contributed by atoms with van der Waals surface area (Å²) in [6.45, 7) is 5.47. The number of rotatable bonds is 10. The van der Waals surface area contributed by atoms with Crippen molar-refractivity contribution >= 4 is 5.91 Å². The van der Waals surface area contributed by atoms with Gasteiger partial charge in [-0.25, -0.2) is 4.98 Å². The van der Waals surface area contributed by atoms with Crippen LogP contribution in [-0.4, -0.2) is 48.8 Å². The second kappa shape index (κ2) is 9.52. The van der Waals surface area contributed by atoms with E-state index in [9.17, 15) is 4.79 Å². The fourth-order valence-electron chi connectivity index (χ4n) is 1.65. The highest BCUT2D eigenvalue weighted by Gasteiger charge is 2.03. The summed E-state index contributed by atoms with van der Waals surface area (Å²) in [5, 5.41) is 6.10. The van der Waals surface area contributed by atoms with Gasteiger partial charge < -0.3 is 19.9 Å². The molecule has 1 aromatic rings. The van der Waals surface area contributed by atoms with E-state index in [4.69, 9.17) is 4.74 Å². The van der Waals surface area contributed by atoms with Crippen LogP contribution in [-0.2, 0) is 22.5 Å². The molecule has 0 fully saturated rings. The number of amides is 1. The zero-order chi connectivity index (χ0) is 13.9. The van der Waals surface area contributed by atoms with E-state index in [-0.39, 0.29) is 5.91 Å². The van der Waals surface area contributed by atoms with Crippen molar-refractivity contribution in [1.29, 1.82) is 0 Å². The minimum absolute atomic E-state index is 0.0230. The minimum atomic E-state index is -0.0230. The van der Waals surface area contributed by atoms with Crippen LogP contribution in [0.1, 0.15) is 19.0 Å². The Morgan fingerprint density at radius 3 is 3.00 bits per heavy atom. The van der Waals surface area contributed by atoms with E-state index in [1.165, 1.54) is 0 Å². The Labute approximate surface area is 114 Å². The normalized spacial score (nSPS) is 10.6. The molecule has 0 aliphatic rings. The molecule has 0 spiro atoms. The third-order valence-corrected chi connectivity index (χ3v) is 2.63. The number of carbonyl (C=O) groups is 1. The Morgan fingerprint density at radius 1 is 1.42 bits per heavy atom. The van der Waals surface area contributed by atoms with Gasteiger partial charge in [-0.15, -0.1) is 0 Å². The molecular formula is C13H24N4O2. The van der Waals surface area contributed by atoms with E-state index in [2.05, 4.69) is 22.5 Å². The van der Waals surface area contributed by atoms with Crippen LogP contribution in [0, 0.1) is 0 Å². The third-order valence-electron chi connectivity index (χ3n) is 2.63.